The molecule has 2 aromatic carbocycles. The van der Waals surface area contributed by atoms with Gasteiger partial charge in [0.05, 0.1) is 84.6 Å². The summed E-state index contributed by atoms with van der Waals surface area (Å²) in [4.78, 5) is 22.7. The summed E-state index contributed by atoms with van der Waals surface area (Å²) >= 11 is 0. The molecule has 0 saturated carbocycles. The Hall–Kier alpha value is -4.21. The predicted octanol–water partition coefficient (Wildman–Crippen LogP) is 4.23. The third-order valence-electron chi connectivity index (χ3n) is 17.1. The first kappa shape index (κ1) is 36.6. The number of amides is 1. The summed E-state index contributed by atoms with van der Waals surface area (Å²) in [7, 11) is 11.8. The van der Waals surface area contributed by atoms with Crippen molar-refractivity contribution in [2.45, 2.75) is 79.1 Å². The lowest BCUT2D eigenvalue weighted by Gasteiger charge is -2.59. The zero-order valence-corrected chi connectivity index (χ0v) is 35.1. The molecule has 10 fully saturated rings. The molecule has 13 atom stereocenters. The maximum absolute atomic E-state index is 14.9. The zero-order valence-electron chi connectivity index (χ0n) is 35.1. The van der Waals surface area contributed by atoms with Crippen molar-refractivity contribution in [2.24, 2.45) is 17.8 Å². The molecule has 12 aliphatic rings. The SMILES string of the molecule is C/C=C1\CN2C3CC1C1(CN4c5c(OC)cc(OC)c(OC)c5C56CC7C(COC45O1)C1CC6N7C/C1=C/COC)C2CC31C(=O)Nc2c(OC)cc(OC)c(OC)c21. The second kappa shape index (κ2) is 12.0. The lowest BCUT2D eigenvalue weighted by Crippen LogP contribution is -2.71. The van der Waals surface area contributed by atoms with Gasteiger partial charge >= 0.3 is 0 Å². The first-order chi connectivity index (χ1) is 28.7. The number of rotatable bonds is 8. The van der Waals surface area contributed by atoms with Gasteiger partial charge in [0.1, 0.15) is 17.1 Å². The van der Waals surface area contributed by atoms with E-state index in [1.165, 1.54) is 11.1 Å². The number of carbonyl (C=O) groups is 1. The summed E-state index contributed by atoms with van der Waals surface area (Å²) in [6.07, 6.45) is 7.69. The molecule has 0 radical (unpaired) electrons. The van der Waals surface area contributed by atoms with E-state index in [-0.39, 0.29) is 30.0 Å². The summed E-state index contributed by atoms with van der Waals surface area (Å²) in [6, 6.07) is 3.95. The number of anilines is 2. The van der Waals surface area contributed by atoms with Gasteiger partial charge in [-0.3, -0.25) is 14.6 Å². The molecule has 12 aliphatic heterocycles. The first-order valence-corrected chi connectivity index (χ1v) is 21.1. The monoisotopic (exact) mass is 810 g/mol. The van der Waals surface area contributed by atoms with Gasteiger partial charge in [0.15, 0.2) is 23.0 Å². The van der Waals surface area contributed by atoms with Crippen molar-refractivity contribution in [3.8, 4) is 34.5 Å². The molecule has 14 rings (SSSR count). The zero-order chi connectivity index (χ0) is 40.5. The number of hydrogen-bond donors (Lipinski definition) is 1. The van der Waals surface area contributed by atoms with Gasteiger partial charge in [0.2, 0.25) is 5.91 Å². The van der Waals surface area contributed by atoms with Gasteiger partial charge < -0.3 is 52.8 Å². The topological polar surface area (TPSA) is 122 Å². The van der Waals surface area contributed by atoms with Crippen LogP contribution >= 0.6 is 0 Å². The Morgan fingerprint density at radius 1 is 0.814 bits per heavy atom. The number of benzene rings is 2. The van der Waals surface area contributed by atoms with Gasteiger partial charge in [-0.25, -0.2) is 0 Å². The average Bonchev–Trinajstić information content (AvgIpc) is 3.95. The van der Waals surface area contributed by atoms with Crippen molar-refractivity contribution >= 4 is 17.3 Å². The Labute approximate surface area is 344 Å². The molecule has 59 heavy (non-hydrogen) atoms. The highest BCUT2D eigenvalue weighted by molar-refractivity contribution is 6.10. The van der Waals surface area contributed by atoms with Crippen LogP contribution in [0.5, 0.6) is 34.5 Å². The van der Waals surface area contributed by atoms with Crippen LogP contribution in [0.4, 0.5) is 11.4 Å². The molecule has 1 amide bonds. The van der Waals surface area contributed by atoms with E-state index in [0.29, 0.717) is 84.2 Å². The lowest BCUT2D eigenvalue weighted by molar-refractivity contribution is -0.318. The fraction of sp³-hybridized carbons (Fsp3) is 0.622. The number of fused-ring (bicyclic) bond motifs is 6. The maximum Gasteiger partial charge on any atom is 0.264 e. The molecule has 0 aliphatic carbocycles. The van der Waals surface area contributed by atoms with Crippen molar-refractivity contribution in [1.29, 1.82) is 0 Å². The minimum Gasteiger partial charge on any atom is -0.494 e. The standard InChI is InChI=1S/C45H54N4O10/c1-9-22-18-48-32-13-26(22)44(34(48)17-42(32)35-37(46-41(42)50)28(52-3)14-30(54-5)39(35)56-7)21-49-38-29(53-4)15-31(55-6)40(57-8)36(38)43-16-27-25(20-58-45(43,49)59-44)24-12-33(43)47(27)19-23(24)10-11-51-2/h9-10,14-15,24-27,32-34H,11-13,16-21H2,1-8H3,(H,46,50)/b22-9+,23-10-. The Bertz CT molecular complexity index is 2280. The van der Waals surface area contributed by atoms with Crippen LogP contribution in [0.1, 0.15) is 43.7 Å². The molecular weight excluding hydrogens is 757 g/mol. The number of carbonyl (C=O) groups excluding carboxylic acids is 1. The molecule has 2 aromatic rings. The van der Waals surface area contributed by atoms with Gasteiger partial charge in [0, 0.05) is 79.5 Å². The highest BCUT2D eigenvalue weighted by Crippen LogP contribution is 2.77. The van der Waals surface area contributed by atoms with E-state index in [2.05, 4.69) is 39.1 Å². The molecule has 1 N–H and O–H groups in total. The molecule has 4 spiro atoms. The van der Waals surface area contributed by atoms with E-state index in [9.17, 15) is 4.79 Å². The molecule has 9 bridgehead atoms. The van der Waals surface area contributed by atoms with E-state index in [1.807, 2.05) is 6.07 Å². The van der Waals surface area contributed by atoms with Crippen LogP contribution in [-0.2, 0) is 29.8 Å². The van der Waals surface area contributed by atoms with Crippen molar-refractivity contribution in [3.05, 3.63) is 46.6 Å². The Balaban J connectivity index is 1.07. The van der Waals surface area contributed by atoms with Crippen molar-refractivity contribution in [1.82, 2.24) is 9.80 Å². The predicted molar refractivity (Wildman–Crippen MR) is 215 cm³/mol. The number of allylic oxidation sites excluding steroid dienone is 1. The Morgan fingerprint density at radius 2 is 1.53 bits per heavy atom. The molecule has 314 valence electrons. The van der Waals surface area contributed by atoms with E-state index < -0.39 is 22.3 Å². The lowest BCUT2D eigenvalue weighted by atomic mass is 9.65. The minimum atomic E-state index is -1.17. The van der Waals surface area contributed by atoms with Crippen LogP contribution < -0.4 is 38.6 Å². The third-order valence-corrected chi connectivity index (χ3v) is 17.1. The smallest absolute Gasteiger partial charge is 0.264 e. The highest BCUT2D eigenvalue weighted by Gasteiger charge is 2.85. The van der Waals surface area contributed by atoms with Crippen LogP contribution in [-0.4, -0.2) is 134 Å². The Morgan fingerprint density at radius 3 is 2.22 bits per heavy atom. The fourth-order valence-corrected chi connectivity index (χ4v) is 15.1. The molecule has 12 heterocycles. The van der Waals surface area contributed by atoms with Crippen LogP contribution in [0.2, 0.25) is 0 Å². The second-order valence-electron chi connectivity index (χ2n) is 18.3. The molecular formula is C45H54N4O10. The summed E-state index contributed by atoms with van der Waals surface area (Å²) in [6.45, 7) is 5.52. The summed E-state index contributed by atoms with van der Waals surface area (Å²) in [5.41, 5.74) is 3.99. The van der Waals surface area contributed by atoms with Gasteiger partial charge in [-0.2, -0.15) is 0 Å². The number of ether oxygens (including phenoxy) is 9. The molecule has 0 aromatic heterocycles. The van der Waals surface area contributed by atoms with Crippen molar-refractivity contribution in [2.75, 3.05) is 92.8 Å². The van der Waals surface area contributed by atoms with Gasteiger partial charge in [0.25, 0.3) is 5.91 Å². The largest absolute Gasteiger partial charge is 0.494 e. The van der Waals surface area contributed by atoms with Crippen LogP contribution in [0.25, 0.3) is 0 Å². The normalized spacial score (nSPS) is 43.0. The first-order valence-electron chi connectivity index (χ1n) is 21.1. The van der Waals surface area contributed by atoms with Gasteiger partial charge in [-0.1, -0.05) is 23.3 Å². The maximum atomic E-state index is 14.9. The average molecular weight is 811 g/mol. The van der Waals surface area contributed by atoms with E-state index in [0.717, 1.165) is 49.2 Å². The summed E-state index contributed by atoms with van der Waals surface area (Å²) in [5.74, 6) is 3.25. The summed E-state index contributed by atoms with van der Waals surface area (Å²) < 4.78 is 58.3. The van der Waals surface area contributed by atoms with Crippen LogP contribution in [0.3, 0.4) is 0 Å². The molecule has 13 unspecified atom stereocenters. The molecule has 10 saturated heterocycles. The van der Waals surface area contributed by atoms with Crippen LogP contribution in [0.15, 0.2) is 35.4 Å². The van der Waals surface area contributed by atoms with E-state index in [4.69, 9.17) is 42.6 Å². The van der Waals surface area contributed by atoms with Gasteiger partial charge in [-0.15, -0.1) is 0 Å². The number of nitrogens with one attached hydrogen (secondary N) is 1. The van der Waals surface area contributed by atoms with Crippen LogP contribution in [0, 0.1) is 17.8 Å². The number of methoxy groups -OCH3 is 7. The van der Waals surface area contributed by atoms with E-state index in [1.54, 1.807) is 55.8 Å². The number of hydrogen-bond acceptors (Lipinski definition) is 13. The molecule has 14 heteroatoms. The van der Waals surface area contributed by atoms with Crippen molar-refractivity contribution in [3.63, 3.8) is 0 Å². The minimum absolute atomic E-state index is 0.0235. The van der Waals surface area contributed by atoms with E-state index >= 15 is 0 Å². The quantitative estimate of drug-likeness (QED) is 0.384. The van der Waals surface area contributed by atoms with Gasteiger partial charge in [-0.05, 0) is 38.5 Å². The molecule has 14 nitrogen and oxygen atoms in total. The summed E-state index contributed by atoms with van der Waals surface area (Å²) in [5, 5.41) is 3.29. The van der Waals surface area contributed by atoms with Crippen molar-refractivity contribution < 1.29 is 47.4 Å². The third kappa shape index (κ3) is 3.84. The number of piperidine rings is 6. The number of nitrogens with zero attached hydrogens (tertiary/aromatic N) is 3. The Kier molecular flexibility index (Phi) is 7.45. The highest BCUT2D eigenvalue weighted by atomic mass is 16.7. The fourth-order valence-electron chi connectivity index (χ4n) is 15.1. The second-order valence-corrected chi connectivity index (χ2v) is 18.3.